The van der Waals surface area contributed by atoms with Crippen molar-refractivity contribution in [1.82, 2.24) is 15.0 Å². The molecule has 15 heavy (non-hydrogen) atoms. The van der Waals surface area contributed by atoms with E-state index in [1.54, 1.807) is 17.5 Å². The number of nitrogen functional groups attached to an aromatic ring is 1. The summed E-state index contributed by atoms with van der Waals surface area (Å²) in [5, 5.41) is 6.14. The lowest BCUT2D eigenvalue weighted by molar-refractivity contribution is 1.05. The zero-order chi connectivity index (χ0) is 10.7. The zero-order valence-corrected chi connectivity index (χ0v) is 9.08. The molecular weight excluding hydrogens is 210 g/mol. The first-order valence-corrected chi connectivity index (χ1v) is 5.34. The average Bonchev–Trinajstić information content (AvgIpc) is 2.73. The van der Waals surface area contributed by atoms with Gasteiger partial charge in [-0.2, -0.15) is 0 Å². The van der Waals surface area contributed by atoms with Gasteiger partial charge >= 0.3 is 0 Å². The third-order valence-corrected chi connectivity index (χ3v) is 2.79. The van der Waals surface area contributed by atoms with Crippen molar-refractivity contribution in [2.24, 2.45) is 0 Å². The molecule has 0 atom stereocenters. The number of hydrogen-bond acceptors (Lipinski definition) is 6. The lowest BCUT2D eigenvalue weighted by Crippen LogP contribution is -2.05. The Kier molecular flexibility index (Phi) is 2.77. The predicted molar refractivity (Wildman–Crippen MR) is 60.6 cm³/mol. The Morgan fingerprint density at radius 2 is 2.27 bits per heavy atom. The third kappa shape index (κ3) is 2.21. The van der Waals surface area contributed by atoms with E-state index < -0.39 is 0 Å². The van der Waals surface area contributed by atoms with Gasteiger partial charge in [0.2, 0.25) is 0 Å². The maximum absolute atomic E-state index is 5.67. The smallest absolute Gasteiger partial charge is 0.134 e. The van der Waals surface area contributed by atoms with Gasteiger partial charge in [0.05, 0.1) is 6.54 Å². The Morgan fingerprint density at radius 1 is 1.40 bits per heavy atom. The fraction of sp³-hybridized carbons (Fsp3) is 0.222. The molecule has 5 nitrogen and oxygen atoms in total. The number of nitrogens with zero attached hydrogens (tertiary/aromatic N) is 3. The maximum atomic E-state index is 5.67. The quantitative estimate of drug-likeness (QED) is 0.820. The lowest BCUT2D eigenvalue weighted by atomic mass is 10.3. The molecule has 6 heteroatoms. The highest BCUT2D eigenvalue weighted by Crippen LogP contribution is 2.16. The summed E-state index contributed by atoms with van der Waals surface area (Å²) in [6, 6.07) is 0. The Balaban J connectivity index is 2.08. The van der Waals surface area contributed by atoms with E-state index in [1.807, 2.05) is 12.3 Å². The Morgan fingerprint density at radius 3 is 3.00 bits per heavy atom. The summed E-state index contributed by atoms with van der Waals surface area (Å²) in [6.45, 7) is 2.55. The second-order valence-corrected chi connectivity index (χ2v) is 3.99. The number of rotatable bonds is 3. The normalized spacial score (nSPS) is 10.2. The molecule has 0 fully saturated rings. The summed E-state index contributed by atoms with van der Waals surface area (Å²) in [6.07, 6.45) is 3.23. The number of hydrogen-bond donors (Lipinski definition) is 2. The van der Waals surface area contributed by atoms with Gasteiger partial charge in [0.1, 0.15) is 23.0 Å². The lowest BCUT2D eigenvalue weighted by Gasteiger charge is -2.07. The van der Waals surface area contributed by atoms with Gasteiger partial charge < -0.3 is 11.1 Å². The number of nitrogens with one attached hydrogen (secondary N) is 1. The van der Waals surface area contributed by atoms with Gasteiger partial charge in [-0.15, -0.1) is 11.3 Å². The van der Waals surface area contributed by atoms with Crippen LogP contribution in [0.25, 0.3) is 0 Å². The van der Waals surface area contributed by atoms with Crippen LogP contribution in [-0.4, -0.2) is 15.0 Å². The van der Waals surface area contributed by atoms with Crippen molar-refractivity contribution >= 4 is 23.0 Å². The zero-order valence-electron chi connectivity index (χ0n) is 8.27. The Labute approximate surface area is 91.4 Å². The molecule has 0 amide bonds. The minimum atomic E-state index is 0.506. The molecule has 0 bridgehead atoms. The van der Waals surface area contributed by atoms with Crippen LogP contribution in [0.5, 0.6) is 0 Å². The molecule has 0 radical (unpaired) electrons. The van der Waals surface area contributed by atoms with E-state index in [-0.39, 0.29) is 0 Å². The molecule has 0 aliphatic heterocycles. The average molecular weight is 221 g/mol. The number of nitrogens with two attached hydrogens (primary N) is 1. The van der Waals surface area contributed by atoms with Gasteiger partial charge in [0.15, 0.2) is 0 Å². The molecule has 2 heterocycles. The standard InChI is InChI=1S/C9H11N5S/c1-6-8(10)13-5-14-9(6)12-4-7-11-2-3-15-7/h2-3,5H,4H2,1H3,(H3,10,12,13,14). The molecule has 0 saturated carbocycles. The van der Waals surface area contributed by atoms with Crippen LogP contribution < -0.4 is 11.1 Å². The molecule has 0 aromatic carbocycles. The van der Waals surface area contributed by atoms with E-state index in [4.69, 9.17) is 5.73 Å². The van der Waals surface area contributed by atoms with Crippen LogP contribution in [-0.2, 0) is 6.54 Å². The Hall–Kier alpha value is -1.69. The number of thiazole rings is 1. The summed E-state index contributed by atoms with van der Waals surface area (Å²) in [4.78, 5) is 12.2. The summed E-state index contributed by atoms with van der Waals surface area (Å²) in [5.74, 6) is 1.27. The molecule has 78 valence electrons. The van der Waals surface area contributed by atoms with Crippen LogP contribution in [0, 0.1) is 6.92 Å². The van der Waals surface area contributed by atoms with Gasteiger partial charge in [-0.3, -0.25) is 0 Å². The molecule has 0 saturated heterocycles. The van der Waals surface area contributed by atoms with E-state index in [1.165, 1.54) is 6.33 Å². The molecule has 2 aromatic heterocycles. The van der Waals surface area contributed by atoms with Crippen LogP contribution in [0.15, 0.2) is 17.9 Å². The summed E-state index contributed by atoms with van der Waals surface area (Å²) in [5.41, 5.74) is 6.53. The number of anilines is 2. The van der Waals surface area contributed by atoms with E-state index in [0.29, 0.717) is 12.4 Å². The molecule has 0 aliphatic carbocycles. The van der Waals surface area contributed by atoms with E-state index in [0.717, 1.165) is 16.4 Å². The van der Waals surface area contributed by atoms with E-state index in [2.05, 4.69) is 20.3 Å². The van der Waals surface area contributed by atoms with Crippen molar-refractivity contribution in [3.63, 3.8) is 0 Å². The van der Waals surface area contributed by atoms with Gasteiger partial charge in [-0.1, -0.05) is 0 Å². The van der Waals surface area contributed by atoms with E-state index in [9.17, 15) is 0 Å². The van der Waals surface area contributed by atoms with Gasteiger partial charge in [0, 0.05) is 17.1 Å². The van der Waals surface area contributed by atoms with Crippen molar-refractivity contribution in [2.75, 3.05) is 11.1 Å². The topological polar surface area (TPSA) is 76.7 Å². The van der Waals surface area contributed by atoms with Crippen LogP contribution in [0.3, 0.4) is 0 Å². The number of aromatic nitrogens is 3. The minimum absolute atomic E-state index is 0.506. The van der Waals surface area contributed by atoms with Crippen molar-refractivity contribution in [2.45, 2.75) is 13.5 Å². The summed E-state index contributed by atoms with van der Waals surface area (Å²) >= 11 is 1.60. The van der Waals surface area contributed by atoms with Crippen molar-refractivity contribution < 1.29 is 0 Å². The second kappa shape index (κ2) is 4.22. The molecule has 2 aromatic rings. The first kappa shape index (κ1) is 9.85. The molecule has 0 unspecified atom stereocenters. The fourth-order valence-corrected chi connectivity index (χ4v) is 1.70. The first-order valence-electron chi connectivity index (χ1n) is 4.46. The van der Waals surface area contributed by atoms with Crippen LogP contribution in [0.2, 0.25) is 0 Å². The molecule has 0 aliphatic rings. The SMILES string of the molecule is Cc1c(N)ncnc1NCc1nccs1. The van der Waals surface area contributed by atoms with Crippen LogP contribution in [0.1, 0.15) is 10.6 Å². The Bertz CT molecular complexity index is 440. The highest BCUT2D eigenvalue weighted by atomic mass is 32.1. The second-order valence-electron chi connectivity index (χ2n) is 3.01. The monoisotopic (exact) mass is 221 g/mol. The molecular formula is C9H11N5S. The predicted octanol–water partition coefficient (Wildman–Crippen LogP) is 1.44. The summed E-state index contributed by atoms with van der Waals surface area (Å²) in [7, 11) is 0. The maximum Gasteiger partial charge on any atom is 0.134 e. The minimum Gasteiger partial charge on any atom is -0.383 e. The third-order valence-electron chi connectivity index (χ3n) is 2.01. The van der Waals surface area contributed by atoms with Gasteiger partial charge in [-0.25, -0.2) is 15.0 Å². The van der Waals surface area contributed by atoms with Crippen molar-refractivity contribution in [3.05, 3.63) is 28.5 Å². The van der Waals surface area contributed by atoms with Crippen LogP contribution in [0.4, 0.5) is 11.6 Å². The molecule has 0 spiro atoms. The van der Waals surface area contributed by atoms with Crippen molar-refractivity contribution in [3.8, 4) is 0 Å². The first-order chi connectivity index (χ1) is 7.27. The highest BCUT2D eigenvalue weighted by Gasteiger charge is 2.03. The summed E-state index contributed by atoms with van der Waals surface area (Å²) < 4.78 is 0. The van der Waals surface area contributed by atoms with E-state index >= 15 is 0 Å². The largest absolute Gasteiger partial charge is 0.383 e. The fourth-order valence-electron chi connectivity index (χ4n) is 1.14. The highest BCUT2D eigenvalue weighted by molar-refractivity contribution is 7.09. The molecule has 3 N–H and O–H groups in total. The molecule has 2 rings (SSSR count). The van der Waals surface area contributed by atoms with Crippen LogP contribution >= 0.6 is 11.3 Å². The van der Waals surface area contributed by atoms with Gasteiger partial charge in [0.25, 0.3) is 0 Å². The van der Waals surface area contributed by atoms with Crippen molar-refractivity contribution in [1.29, 1.82) is 0 Å². The van der Waals surface area contributed by atoms with Gasteiger partial charge in [-0.05, 0) is 6.92 Å².